The predicted octanol–water partition coefficient (Wildman–Crippen LogP) is 2.23. The molecule has 19 heavy (non-hydrogen) atoms. The van der Waals surface area contributed by atoms with Crippen molar-refractivity contribution >= 4 is 5.65 Å². The molecule has 4 heteroatoms. The molecule has 4 nitrogen and oxygen atoms in total. The van der Waals surface area contributed by atoms with E-state index in [9.17, 15) is 4.79 Å². The standard InChI is InChI=1S/C15H14N2O2/c1-19-14-4-2-3-11(8-14)7-12-10-17-6-5-13(18)9-15(17)16-12/h2-6,8-10,16H,7H2,1H3. The van der Waals surface area contributed by atoms with Crippen LogP contribution in [0.25, 0.3) is 5.65 Å². The number of pyridine rings is 1. The molecule has 1 N–H and O–H groups in total. The summed E-state index contributed by atoms with van der Waals surface area (Å²) in [6.07, 6.45) is 4.53. The Balaban J connectivity index is 1.94. The van der Waals surface area contributed by atoms with Crippen molar-refractivity contribution in [3.63, 3.8) is 0 Å². The Bertz CT molecular complexity index is 771. The number of nitrogens with one attached hydrogen (secondary N) is 1. The normalized spacial score (nSPS) is 10.8. The van der Waals surface area contributed by atoms with E-state index < -0.39 is 0 Å². The maximum atomic E-state index is 11.3. The molecule has 0 unspecified atom stereocenters. The van der Waals surface area contributed by atoms with E-state index in [0.29, 0.717) is 0 Å². The minimum Gasteiger partial charge on any atom is -0.497 e. The van der Waals surface area contributed by atoms with Crippen LogP contribution in [0.2, 0.25) is 0 Å². The molecule has 0 saturated heterocycles. The lowest BCUT2D eigenvalue weighted by molar-refractivity contribution is 0.414. The molecule has 0 atom stereocenters. The van der Waals surface area contributed by atoms with Gasteiger partial charge in [0.1, 0.15) is 11.4 Å². The van der Waals surface area contributed by atoms with Crippen molar-refractivity contribution in [3.8, 4) is 5.75 Å². The fourth-order valence-electron chi connectivity index (χ4n) is 2.16. The Hall–Kier alpha value is -2.49. The summed E-state index contributed by atoms with van der Waals surface area (Å²) in [6, 6.07) is 11.1. The average Bonchev–Trinajstić information content (AvgIpc) is 2.80. The van der Waals surface area contributed by atoms with Gasteiger partial charge in [-0.25, -0.2) is 0 Å². The van der Waals surface area contributed by atoms with Crippen molar-refractivity contribution in [2.45, 2.75) is 6.42 Å². The first-order chi connectivity index (χ1) is 9.24. The number of hydrogen-bond donors (Lipinski definition) is 1. The lowest BCUT2D eigenvalue weighted by Crippen LogP contribution is -1.97. The van der Waals surface area contributed by atoms with Gasteiger partial charge in [0.25, 0.3) is 0 Å². The summed E-state index contributed by atoms with van der Waals surface area (Å²) < 4.78 is 7.12. The van der Waals surface area contributed by atoms with E-state index in [0.717, 1.165) is 29.1 Å². The topological polar surface area (TPSA) is 46.5 Å². The number of hydrogen-bond acceptors (Lipinski definition) is 2. The van der Waals surface area contributed by atoms with Crippen molar-refractivity contribution in [2.75, 3.05) is 7.11 Å². The molecule has 0 radical (unpaired) electrons. The molecule has 0 saturated carbocycles. The van der Waals surface area contributed by atoms with Crippen molar-refractivity contribution in [1.29, 1.82) is 0 Å². The van der Waals surface area contributed by atoms with Gasteiger partial charge in [-0.05, 0) is 17.7 Å². The molecule has 3 rings (SSSR count). The van der Waals surface area contributed by atoms with Crippen molar-refractivity contribution in [3.05, 3.63) is 70.3 Å². The summed E-state index contributed by atoms with van der Waals surface area (Å²) in [5.41, 5.74) is 3.04. The summed E-state index contributed by atoms with van der Waals surface area (Å²) in [6.45, 7) is 0. The minimum absolute atomic E-state index is 0.00906. The van der Waals surface area contributed by atoms with Gasteiger partial charge in [0.05, 0.1) is 7.11 Å². The number of nitrogens with zero attached hydrogens (tertiary/aromatic N) is 1. The Morgan fingerprint density at radius 3 is 3.00 bits per heavy atom. The van der Waals surface area contributed by atoms with Gasteiger partial charge in [0.2, 0.25) is 0 Å². The Kier molecular flexibility index (Phi) is 2.83. The van der Waals surface area contributed by atoms with Crippen LogP contribution in [0.5, 0.6) is 5.75 Å². The molecule has 1 aromatic carbocycles. The molecule has 0 bridgehead atoms. The SMILES string of the molecule is COc1cccc(Cc2cn3ccc(=O)cc3[nH]2)c1. The van der Waals surface area contributed by atoms with E-state index in [-0.39, 0.29) is 5.43 Å². The van der Waals surface area contributed by atoms with E-state index in [1.165, 1.54) is 0 Å². The molecule has 0 aliphatic rings. The lowest BCUT2D eigenvalue weighted by atomic mass is 10.1. The fourth-order valence-corrected chi connectivity index (χ4v) is 2.16. The zero-order chi connectivity index (χ0) is 13.2. The fraction of sp³-hybridized carbons (Fsp3) is 0.133. The highest BCUT2D eigenvalue weighted by atomic mass is 16.5. The van der Waals surface area contributed by atoms with Gasteiger partial charge in [0.15, 0.2) is 5.43 Å². The average molecular weight is 254 g/mol. The molecule has 0 spiro atoms. The summed E-state index contributed by atoms with van der Waals surface area (Å²) in [5.74, 6) is 0.850. The molecule has 0 fully saturated rings. The third kappa shape index (κ3) is 2.38. The van der Waals surface area contributed by atoms with E-state index >= 15 is 0 Å². The number of rotatable bonds is 3. The third-order valence-corrected chi connectivity index (χ3v) is 3.07. The largest absolute Gasteiger partial charge is 0.497 e. The van der Waals surface area contributed by atoms with E-state index in [4.69, 9.17) is 4.74 Å². The van der Waals surface area contributed by atoms with Gasteiger partial charge in [0, 0.05) is 36.6 Å². The van der Waals surface area contributed by atoms with Gasteiger partial charge >= 0.3 is 0 Å². The number of fused-ring (bicyclic) bond motifs is 1. The van der Waals surface area contributed by atoms with Crippen molar-refractivity contribution in [2.24, 2.45) is 0 Å². The molecule has 0 aliphatic heterocycles. The highest BCUT2D eigenvalue weighted by Crippen LogP contribution is 2.16. The van der Waals surface area contributed by atoms with Crippen LogP contribution in [0.15, 0.2) is 53.6 Å². The molecule has 0 aliphatic carbocycles. The van der Waals surface area contributed by atoms with Crippen LogP contribution in [-0.4, -0.2) is 16.5 Å². The Morgan fingerprint density at radius 1 is 1.26 bits per heavy atom. The molecular formula is C15H14N2O2. The van der Waals surface area contributed by atoms with Gasteiger partial charge in [-0.3, -0.25) is 4.79 Å². The quantitative estimate of drug-likeness (QED) is 0.779. The maximum Gasteiger partial charge on any atom is 0.183 e. The Morgan fingerprint density at radius 2 is 2.16 bits per heavy atom. The first-order valence-electron chi connectivity index (χ1n) is 6.07. The molecule has 2 aromatic heterocycles. The second-order valence-electron chi connectivity index (χ2n) is 4.46. The first-order valence-corrected chi connectivity index (χ1v) is 6.07. The number of aromatic amines is 1. The number of H-pyrrole nitrogens is 1. The van der Waals surface area contributed by atoms with Gasteiger partial charge in [-0.15, -0.1) is 0 Å². The highest BCUT2D eigenvalue weighted by Gasteiger charge is 2.02. The molecule has 3 aromatic rings. The molecular weight excluding hydrogens is 240 g/mol. The van der Waals surface area contributed by atoms with Gasteiger partial charge < -0.3 is 14.1 Å². The Labute approximate surface area is 110 Å². The van der Waals surface area contributed by atoms with Crippen LogP contribution >= 0.6 is 0 Å². The number of ether oxygens (including phenoxy) is 1. The van der Waals surface area contributed by atoms with Crippen LogP contribution in [0.3, 0.4) is 0 Å². The summed E-state index contributed by atoms with van der Waals surface area (Å²) >= 11 is 0. The lowest BCUT2D eigenvalue weighted by Gasteiger charge is -2.02. The smallest absolute Gasteiger partial charge is 0.183 e. The van der Waals surface area contributed by atoms with Crippen LogP contribution < -0.4 is 10.2 Å². The third-order valence-electron chi connectivity index (χ3n) is 3.07. The van der Waals surface area contributed by atoms with E-state index in [2.05, 4.69) is 11.1 Å². The second-order valence-corrected chi connectivity index (χ2v) is 4.46. The number of methoxy groups -OCH3 is 1. The summed E-state index contributed by atoms with van der Waals surface area (Å²) in [4.78, 5) is 14.5. The minimum atomic E-state index is 0.00906. The molecule has 2 heterocycles. The summed E-state index contributed by atoms with van der Waals surface area (Å²) in [5, 5.41) is 0. The highest BCUT2D eigenvalue weighted by molar-refractivity contribution is 5.41. The molecule has 96 valence electrons. The van der Waals surface area contributed by atoms with Crippen LogP contribution in [-0.2, 0) is 6.42 Å². The number of aromatic nitrogens is 2. The monoisotopic (exact) mass is 254 g/mol. The van der Waals surface area contributed by atoms with Crippen LogP contribution in [0.4, 0.5) is 0 Å². The zero-order valence-corrected chi connectivity index (χ0v) is 10.6. The second kappa shape index (κ2) is 4.65. The van der Waals surface area contributed by atoms with Crippen LogP contribution in [0.1, 0.15) is 11.3 Å². The van der Waals surface area contributed by atoms with Gasteiger partial charge in [-0.1, -0.05) is 12.1 Å². The van der Waals surface area contributed by atoms with E-state index in [1.54, 1.807) is 25.4 Å². The maximum absolute atomic E-state index is 11.3. The number of benzene rings is 1. The van der Waals surface area contributed by atoms with E-state index in [1.807, 2.05) is 28.8 Å². The zero-order valence-electron chi connectivity index (χ0n) is 10.6. The number of imidazole rings is 1. The summed E-state index contributed by atoms with van der Waals surface area (Å²) in [7, 11) is 1.66. The van der Waals surface area contributed by atoms with Crippen molar-refractivity contribution in [1.82, 2.24) is 9.38 Å². The molecule has 0 amide bonds. The van der Waals surface area contributed by atoms with Crippen molar-refractivity contribution < 1.29 is 4.74 Å². The van der Waals surface area contributed by atoms with Gasteiger partial charge in [-0.2, -0.15) is 0 Å². The van der Waals surface area contributed by atoms with Crippen LogP contribution in [0, 0.1) is 0 Å². The predicted molar refractivity (Wildman–Crippen MR) is 73.8 cm³/mol. The first kappa shape index (κ1) is 11.6.